The summed E-state index contributed by atoms with van der Waals surface area (Å²) in [6.07, 6.45) is 8.43. The van der Waals surface area contributed by atoms with Crippen LogP contribution in [0.15, 0.2) is 4.99 Å². The summed E-state index contributed by atoms with van der Waals surface area (Å²) in [5, 5.41) is 5.71. The van der Waals surface area contributed by atoms with Crippen LogP contribution >= 0.6 is 11.8 Å². The first-order valence-corrected chi connectivity index (χ1v) is 7.70. The highest BCUT2D eigenvalue weighted by Gasteiger charge is 2.40. The summed E-state index contributed by atoms with van der Waals surface area (Å²) in [4.78, 5) is 4.65. The van der Waals surface area contributed by atoms with Crippen LogP contribution in [-0.4, -0.2) is 23.0 Å². The van der Waals surface area contributed by atoms with Gasteiger partial charge in [-0.2, -0.15) is 0 Å². The molecule has 90 valence electrons. The number of aliphatic imine (C=N–C) groups is 1. The Labute approximate surface area is 103 Å². The van der Waals surface area contributed by atoms with Crippen LogP contribution in [0.25, 0.3) is 0 Å². The Morgan fingerprint density at radius 2 is 2.31 bits per heavy atom. The smallest absolute Gasteiger partial charge is 0.157 e. The van der Waals surface area contributed by atoms with Crippen LogP contribution in [0.1, 0.15) is 45.4 Å². The zero-order valence-electron chi connectivity index (χ0n) is 10.1. The minimum atomic E-state index is 0.755. The van der Waals surface area contributed by atoms with Crippen LogP contribution in [0, 0.1) is 11.8 Å². The molecule has 0 spiro atoms. The second-order valence-electron chi connectivity index (χ2n) is 5.60. The average Bonchev–Trinajstić information content (AvgIpc) is 2.95. The van der Waals surface area contributed by atoms with Gasteiger partial charge in [0.05, 0.1) is 6.54 Å². The van der Waals surface area contributed by atoms with E-state index in [-0.39, 0.29) is 0 Å². The molecule has 2 fully saturated rings. The number of fused-ring (bicyclic) bond motifs is 2. The summed E-state index contributed by atoms with van der Waals surface area (Å²) >= 11 is 1.99. The molecule has 0 radical (unpaired) electrons. The van der Waals surface area contributed by atoms with E-state index in [2.05, 4.69) is 17.2 Å². The standard InChI is InChI=1S/C13H22N2S/c1-2-3-11-8-14-13(16-11)15-12-7-9-4-5-10(12)6-9/h9-12H,2-8H2,1H3,(H,14,15). The normalized spacial score (nSPS) is 41.4. The molecule has 0 aromatic carbocycles. The first-order valence-electron chi connectivity index (χ1n) is 6.82. The van der Waals surface area contributed by atoms with Gasteiger partial charge in [0.25, 0.3) is 0 Å². The molecule has 4 unspecified atom stereocenters. The first kappa shape index (κ1) is 10.9. The molecule has 3 heteroatoms. The quantitative estimate of drug-likeness (QED) is 0.817. The van der Waals surface area contributed by atoms with Crippen LogP contribution < -0.4 is 5.32 Å². The van der Waals surface area contributed by atoms with Gasteiger partial charge in [0.1, 0.15) is 0 Å². The molecule has 2 saturated carbocycles. The Kier molecular flexibility index (Phi) is 3.14. The van der Waals surface area contributed by atoms with E-state index in [9.17, 15) is 0 Å². The summed E-state index contributed by atoms with van der Waals surface area (Å²) in [6, 6.07) is 0.755. The molecule has 0 aromatic rings. The molecule has 3 aliphatic rings. The lowest BCUT2D eigenvalue weighted by molar-refractivity contribution is 0.392. The van der Waals surface area contributed by atoms with Gasteiger partial charge in [-0.3, -0.25) is 4.99 Å². The second-order valence-corrected chi connectivity index (χ2v) is 6.89. The fraction of sp³-hybridized carbons (Fsp3) is 0.923. The maximum absolute atomic E-state index is 4.65. The molecule has 16 heavy (non-hydrogen) atoms. The lowest BCUT2D eigenvalue weighted by atomic mass is 9.96. The van der Waals surface area contributed by atoms with Crippen molar-refractivity contribution in [3.05, 3.63) is 0 Å². The second kappa shape index (κ2) is 4.59. The van der Waals surface area contributed by atoms with Crippen molar-refractivity contribution in [3.8, 4) is 0 Å². The molecule has 2 nitrogen and oxygen atoms in total. The summed E-state index contributed by atoms with van der Waals surface area (Å²) in [5.74, 6) is 1.99. The number of amidine groups is 1. The summed E-state index contributed by atoms with van der Waals surface area (Å²) in [6.45, 7) is 3.31. The third kappa shape index (κ3) is 2.11. The summed E-state index contributed by atoms with van der Waals surface area (Å²) < 4.78 is 0. The molecular weight excluding hydrogens is 216 g/mol. The number of nitrogens with one attached hydrogen (secondary N) is 1. The third-order valence-corrected chi connectivity index (χ3v) is 5.56. The van der Waals surface area contributed by atoms with Gasteiger partial charge in [-0.05, 0) is 37.5 Å². The van der Waals surface area contributed by atoms with E-state index in [1.165, 1.54) is 43.7 Å². The van der Waals surface area contributed by atoms with Crippen molar-refractivity contribution in [2.24, 2.45) is 16.8 Å². The molecule has 2 aliphatic carbocycles. The molecule has 2 bridgehead atoms. The summed E-state index contributed by atoms with van der Waals surface area (Å²) in [7, 11) is 0. The van der Waals surface area contributed by atoms with Crippen LogP contribution in [0.5, 0.6) is 0 Å². The van der Waals surface area contributed by atoms with Crippen LogP contribution in [0.2, 0.25) is 0 Å². The Bertz CT molecular complexity index is 290. The zero-order chi connectivity index (χ0) is 11.0. The zero-order valence-corrected chi connectivity index (χ0v) is 10.9. The van der Waals surface area contributed by atoms with Gasteiger partial charge in [0.15, 0.2) is 5.17 Å². The molecule has 1 heterocycles. The van der Waals surface area contributed by atoms with Crippen molar-refractivity contribution in [3.63, 3.8) is 0 Å². The van der Waals surface area contributed by atoms with E-state index >= 15 is 0 Å². The van der Waals surface area contributed by atoms with Gasteiger partial charge < -0.3 is 5.32 Å². The van der Waals surface area contributed by atoms with E-state index in [0.29, 0.717) is 0 Å². The highest BCUT2D eigenvalue weighted by Crippen LogP contribution is 2.44. The van der Waals surface area contributed by atoms with E-state index in [1.807, 2.05) is 11.8 Å². The highest BCUT2D eigenvalue weighted by atomic mass is 32.2. The minimum Gasteiger partial charge on any atom is -0.362 e. The maximum atomic E-state index is 4.65. The van der Waals surface area contributed by atoms with Gasteiger partial charge >= 0.3 is 0 Å². The summed E-state index contributed by atoms with van der Waals surface area (Å²) in [5.41, 5.74) is 0. The number of hydrogen-bond donors (Lipinski definition) is 1. The fourth-order valence-electron chi connectivity index (χ4n) is 3.55. The highest BCUT2D eigenvalue weighted by molar-refractivity contribution is 8.14. The predicted molar refractivity (Wildman–Crippen MR) is 71.0 cm³/mol. The topological polar surface area (TPSA) is 24.4 Å². The van der Waals surface area contributed by atoms with Gasteiger partial charge in [-0.25, -0.2) is 0 Å². The molecule has 0 saturated heterocycles. The van der Waals surface area contributed by atoms with E-state index in [0.717, 1.165) is 29.7 Å². The lowest BCUT2D eigenvalue weighted by Crippen LogP contribution is -2.36. The SMILES string of the molecule is CCCC1CN=C(NC2CC3CCC2C3)S1. The van der Waals surface area contributed by atoms with Crippen molar-refractivity contribution < 1.29 is 0 Å². The first-order chi connectivity index (χ1) is 7.85. The van der Waals surface area contributed by atoms with Gasteiger partial charge in [-0.1, -0.05) is 31.5 Å². The predicted octanol–water partition coefficient (Wildman–Crippen LogP) is 3.04. The number of hydrogen-bond acceptors (Lipinski definition) is 3. The number of rotatable bonds is 3. The molecule has 1 aliphatic heterocycles. The Hall–Kier alpha value is -0.180. The van der Waals surface area contributed by atoms with Crippen molar-refractivity contribution in [2.45, 2.75) is 56.7 Å². The molecule has 4 atom stereocenters. The number of thioether (sulfide) groups is 1. The molecule has 0 amide bonds. The van der Waals surface area contributed by atoms with Crippen molar-refractivity contribution in [1.82, 2.24) is 5.32 Å². The molecule has 1 N–H and O–H groups in total. The van der Waals surface area contributed by atoms with Crippen molar-refractivity contribution in [1.29, 1.82) is 0 Å². The Balaban J connectivity index is 1.49. The van der Waals surface area contributed by atoms with Crippen LogP contribution in [0.3, 0.4) is 0 Å². The average molecular weight is 238 g/mol. The molecular formula is C13H22N2S. The van der Waals surface area contributed by atoms with Crippen LogP contribution in [0.4, 0.5) is 0 Å². The van der Waals surface area contributed by atoms with Gasteiger partial charge in [0.2, 0.25) is 0 Å². The third-order valence-electron chi connectivity index (χ3n) is 4.37. The maximum Gasteiger partial charge on any atom is 0.157 e. The van der Waals surface area contributed by atoms with Gasteiger partial charge in [0, 0.05) is 11.3 Å². The minimum absolute atomic E-state index is 0.755. The van der Waals surface area contributed by atoms with Crippen molar-refractivity contribution >= 4 is 16.9 Å². The molecule has 0 aromatic heterocycles. The largest absolute Gasteiger partial charge is 0.362 e. The number of nitrogens with zero attached hydrogens (tertiary/aromatic N) is 1. The Morgan fingerprint density at radius 3 is 3.00 bits per heavy atom. The Morgan fingerprint density at radius 1 is 1.38 bits per heavy atom. The van der Waals surface area contributed by atoms with E-state index in [1.54, 1.807) is 0 Å². The molecule has 3 rings (SSSR count). The van der Waals surface area contributed by atoms with E-state index in [4.69, 9.17) is 0 Å². The van der Waals surface area contributed by atoms with Gasteiger partial charge in [-0.15, -0.1) is 0 Å². The monoisotopic (exact) mass is 238 g/mol. The lowest BCUT2D eigenvalue weighted by Gasteiger charge is -2.23. The fourth-order valence-corrected chi connectivity index (χ4v) is 4.74. The van der Waals surface area contributed by atoms with Crippen LogP contribution in [-0.2, 0) is 0 Å². The van der Waals surface area contributed by atoms with E-state index < -0.39 is 0 Å². The van der Waals surface area contributed by atoms with Crippen molar-refractivity contribution in [2.75, 3.05) is 6.54 Å².